The molecular formula is C12H26NiSi2. The van der Waals surface area contributed by atoms with Gasteiger partial charge >= 0.3 is 16.5 Å². The van der Waals surface area contributed by atoms with Gasteiger partial charge in [-0.2, -0.15) is 0 Å². The Balaban J connectivity index is -0.000000180. The predicted octanol–water partition coefficient (Wildman–Crippen LogP) is 4.51. The molecule has 0 amide bonds. The molecule has 0 fully saturated rings. The summed E-state index contributed by atoms with van der Waals surface area (Å²) in [6.07, 6.45) is 3.79. The van der Waals surface area contributed by atoms with Gasteiger partial charge in [-0.15, -0.1) is 0 Å². The van der Waals surface area contributed by atoms with Crippen LogP contribution in [0, 0.1) is 12.1 Å². The van der Waals surface area contributed by atoms with Crippen LogP contribution in [0.1, 0.15) is 0 Å². The number of allylic oxidation sites excluding steroid dienone is 2. The maximum atomic E-state index is 3.63. The van der Waals surface area contributed by atoms with Crippen molar-refractivity contribution >= 4 is 16.1 Å². The van der Waals surface area contributed by atoms with Crippen molar-refractivity contribution in [2.45, 2.75) is 39.3 Å². The van der Waals surface area contributed by atoms with Crippen molar-refractivity contribution in [3.63, 3.8) is 0 Å². The normalized spacial score (nSPS) is 10.0. The third kappa shape index (κ3) is 31.4. The quantitative estimate of drug-likeness (QED) is 0.527. The maximum absolute atomic E-state index is 3.63. The SMILES string of the molecule is C=C[CH-][Si](C)(C)C.C=C[CH-][Si](C)(C)C.[Ni+2]. The Morgan fingerprint density at radius 1 is 0.733 bits per heavy atom. The Hall–Kier alpha value is 0.147. The maximum Gasteiger partial charge on any atom is 2.00 e. The first-order chi connectivity index (χ1) is 6.12. The van der Waals surface area contributed by atoms with Crippen LogP contribution in [0.4, 0.5) is 0 Å². The number of hydrogen-bond donors (Lipinski definition) is 0. The Kier molecular flexibility index (Phi) is 12.8. The zero-order valence-corrected chi connectivity index (χ0v) is 14.0. The molecule has 0 aromatic carbocycles. The summed E-state index contributed by atoms with van der Waals surface area (Å²) in [7, 11) is -1.80. The molecular weight excluding hydrogens is 259 g/mol. The van der Waals surface area contributed by atoms with Crippen LogP contribution in [-0.4, -0.2) is 16.1 Å². The fourth-order valence-electron chi connectivity index (χ4n) is 0.707. The minimum atomic E-state index is -0.900. The van der Waals surface area contributed by atoms with Gasteiger partial charge in [0.2, 0.25) is 0 Å². The molecule has 0 N–H and O–H groups in total. The fraction of sp³-hybridized carbons (Fsp3) is 0.500. The molecule has 0 heterocycles. The van der Waals surface area contributed by atoms with E-state index in [9.17, 15) is 0 Å². The topological polar surface area (TPSA) is 0 Å². The molecule has 0 aliphatic carbocycles. The molecule has 0 aliphatic heterocycles. The van der Waals surface area contributed by atoms with Gasteiger partial charge in [0.05, 0.1) is 0 Å². The van der Waals surface area contributed by atoms with Crippen LogP contribution in [-0.2, 0) is 16.5 Å². The summed E-state index contributed by atoms with van der Waals surface area (Å²) < 4.78 is 0. The fourth-order valence-corrected chi connectivity index (χ4v) is 2.12. The smallest absolute Gasteiger partial charge is 0.245 e. The molecule has 15 heavy (non-hydrogen) atoms. The van der Waals surface area contributed by atoms with Crippen molar-refractivity contribution in [2.75, 3.05) is 0 Å². The third-order valence-electron chi connectivity index (χ3n) is 1.24. The van der Waals surface area contributed by atoms with Crippen molar-refractivity contribution < 1.29 is 16.5 Å². The molecule has 0 aromatic rings. The van der Waals surface area contributed by atoms with E-state index in [2.05, 4.69) is 64.5 Å². The van der Waals surface area contributed by atoms with Crippen molar-refractivity contribution in [2.24, 2.45) is 0 Å². The van der Waals surface area contributed by atoms with Crippen LogP contribution in [0.25, 0.3) is 0 Å². The molecule has 0 unspecified atom stereocenters. The molecule has 0 rings (SSSR count). The second kappa shape index (κ2) is 9.38. The molecule has 0 spiro atoms. The van der Waals surface area contributed by atoms with Gasteiger partial charge in [0.1, 0.15) is 0 Å². The first-order valence-corrected chi connectivity index (χ1v) is 12.2. The van der Waals surface area contributed by atoms with Crippen LogP contribution < -0.4 is 0 Å². The van der Waals surface area contributed by atoms with E-state index in [-0.39, 0.29) is 16.5 Å². The van der Waals surface area contributed by atoms with Crippen molar-refractivity contribution in [1.29, 1.82) is 0 Å². The minimum absolute atomic E-state index is 0. The predicted molar refractivity (Wildman–Crippen MR) is 75.7 cm³/mol. The Bertz CT molecular complexity index is 143. The van der Waals surface area contributed by atoms with Gasteiger partial charge in [-0.05, 0) is 16.1 Å². The van der Waals surface area contributed by atoms with E-state index in [4.69, 9.17) is 0 Å². The summed E-state index contributed by atoms with van der Waals surface area (Å²) in [5.74, 6) is 0. The monoisotopic (exact) mass is 284 g/mol. The van der Waals surface area contributed by atoms with Gasteiger partial charge in [-0.25, -0.2) is 37.4 Å². The van der Waals surface area contributed by atoms with Gasteiger partial charge in [0, 0.05) is 0 Å². The van der Waals surface area contributed by atoms with E-state index in [1.165, 1.54) is 0 Å². The molecule has 3 heteroatoms. The molecule has 0 bridgehead atoms. The largest absolute Gasteiger partial charge is 2.00 e. The van der Waals surface area contributed by atoms with Gasteiger partial charge in [-0.3, -0.25) is 0 Å². The molecule has 92 valence electrons. The molecule has 0 aliphatic rings. The number of hydrogen-bond acceptors (Lipinski definition) is 0. The average Bonchev–Trinajstić information content (AvgIpc) is 1.81. The summed E-state index contributed by atoms with van der Waals surface area (Å²) in [4.78, 5) is 0. The number of rotatable bonds is 4. The summed E-state index contributed by atoms with van der Waals surface area (Å²) in [6, 6.07) is 4.43. The zero-order valence-electron chi connectivity index (χ0n) is 11.0. The van der Waals surface area contributed by atoms with Crippen molar-refractivity contribution in [1.82, 2.24) is 0 Å². The van der Waals surface area contributed by atoms with Gasteiger partial charge in [0.25, 0.3) is 0 Å². The Morgan fingerprint density at radius 2 is 0.933 bits per heavy atom. The second-order valence-electron chi connectivity index (χ2n) is 5.54. The summed E-state index contributed by atoms with van der Waals surface area (Å²) in [6.45, 7) is 21.0. The van der Waals surface area contributed by atoms with E-state index < -0.39 is 16.1 Å². The van der Waals surface area contributed by atoms with Crippen LogP contribution in [0.5, 0.6) is 0 Å². The van der Waals surface area contributed by atoms with Gasteiger partial charge in [0.15, 0.2) is 0 Å². The van der Waals surface area contributed by atoms with Crippen molar-refractivity contribution in [3.8, 4) is 0 Å². The third-order valence-corrected chi connectivity index (χ3v) is 3.71. The molecule has 0 nitrogen and oxygen atoms in total. The standard InChI is InChI=1S/2C6H13Si.Ni/c2*1-5-6-7(2,3)4;/h2*5-6H,1H2,2-4H3;/q2*-1;+2. The molecule has 0 aromatic heterocycles. The first kappa shape index (κ1) is 20.5. The van der Waals surface area contributed by atoms with Crippen LogP contribution >= 0.6 is 0 Å². The molecule has 0 atom stereocenters. The summed E-state index contributed by atoms with van der Waals surface area (Å²) in [5, 5.41) is 0. The van der Waals surface area contributed by atoms with Crippen LogP contribution in [0.3, 0.4) is 0 Å². The van der Waals surface area contributed by atoms with E-state index in [0.29, 0.717) is 0 Å². The summed E-state index contributed by atoms with van der Waals surface area (Å²) in [5.41, 5.74) is 0. The molecule has 0 saturated heterocycles. The molecule has 0 saturated carbocycles. The van der Waals surface area contributed by atoms with Crippen molar-refractivity contribution in [3.05, 3.63) is 37.4 Å². The van der Waals surface area contributed by atoms with Gasteiger partial charge in [-0.1, -0.05) is 39.3 Å². The van der Waals surface area contributed by atoms with Crippen LogP contribution in [0.15, 0.2) is 25.3 Å². The van der Waals surface area contributed by atoms with Gasteiger partial charge < -0.3 is 0 Å². The first-order valence-electron chi connectivity index (χ1n) is 5.06. The van der Waals surface area contributed by atoms with E-state index in [1.807, 2.05) is 12.2 Å². The van der Waals surface area contributed by atoms with E-state index in [1.54, 1.807) is 0 Å². The molecule has 0 radical (unpaired) electrons. The van der Waals surface area contributed by atoms with E-state index >= 15 is 0 Å². The average molecular weight is 285 g/mol. The summed E-state index contributed by atoms with van der Waals surface area (Å²) >= 11 is 0. The zero-order chi connectivity index (χ0) is 11.8. The van der Waals surface area contributed by atoms with E-state index in [0.717, 1.165) is 0 Å². The Labute approximate surface area is 109 Å². The second-order valence-corrected chi connectivity index (χ2v) is 15.7. The van der Waals surface area contributed by atoms with Crippen LogP contribution in [0.2, 0.25) is 39.3 Å². The Morgan fingerprint density at radius 3 is 0.933 bits per heavy atom. The minimum Gasteiger partial charge on any atom is -0.245 e.